The molecule has 0 aromatic heterocycles. The van der Waals surface area contributed by atoms with E-state index >= 15 is 0 Å². The molecule has 0 aromatic carbocycles. The Morgan fingerprint density at radius 2 is 2.25 bits per heavy atom. The third-order valence-corrected chi connectivity index (χ3v) is 2.19. The van der Waals surface area contributed by atoms with E-state index < -0.39 is 6.10 Å². The molecule has 2 nitrogen and oxygen atoms in total. The highest BCUT2D eigenvalue weighted by Crippen LogP contribution is 2.12. The SMILES string of the molecule is C=C[C@H](O)C#CC#C/C=C/[C@H]1CCCCO1. The van der Waals surface area contributed by atoms with E-state index in [-0.39, 0.29) is 6.10 Å². The van der Waals surface area contributed by atoms with Crippen LogP contribution in [0.15, 0.2) is 24.8 Å². The fourth-order valence-corrected chi connectivity index (χ4v) is 1.32. The summed E-state index contributed by atoms with van der Waals surface area (Å²) in [5, 5.41) is 9.02. The summed E-state index contributed by atoms with van der Waals surface area (Å²) in [5.41, 5.74) is 0. The van der Waals surface area contributed by atoms with E-state index in [1.807, 2.05) is 6.08 Å². The molecule has 0 aromatic rings. The standard InChI is InChI=1S/C14H16O2/c1-2-13(15)9-5-3-4-6-10-14-11-7-8-12-16-14/h2,6,10,13-15H,1,7-8,11-12H2/b10-6+/t13-,14-/m0/s1. The summed E-state index contributed by atoms with van der Waals surface area (Å²) in [7, 11) is 0. The molecular weight excluding hydrogens is 200 g/mol. The van der Waals surface area contributed by atoms with Crippen LogP contribution in [0.3, 0.4) is 0 Å². The predicted molar refractivity (Wildman–Crippen MR) is 64.5 cm³/mol. The summed E-state index contributed by atoms with van der Waals surface area (Å²) in [4.78, 5) is 0. The number of allylic oxidation sites excluding steroid dienone is 1. The van der Waals surface area contributed by atoms with Gasteiger partial charge >= 0.3 is 0 Å². The summed E-state index contributed by atoms with van der Waals surface area (Å²) >= 11 is 0. The van der Waals surface area contributed by atoms with Crippen LogP contribution in [0.2, 0.25) is 0 Å². The maximum atomic E-state index is 9.02. The molecule has 0 spiro atoms. The molecule has 1 aliphatic heterocycles. The molecule has 1 fully saturated rings. The van der Waals surface area contributed by atoms with Crippen molar-refractivity contribution >= 4 is 0 Å². The van der Waals surface area contributed by atoms with Crippen molar-refractivity contribution in [2.75, 3.05) is 6.61 Å². The van der Waals surface area contributed by atoms with E-state index in [0.717, 1.165) is 19.4 Å². The van der Waals surface area contributed by atoms with Crippen LogP contribution >= 0.6 is 0 Å². The number of aliphatic hydroxyl groups is 1. The van der Waals surface area contributed by atoms with E-state index in [2.05, 4.69) is 30.3 Å². The van der Waals surface area contributed by atoms with Crippen LogP contribution in [0.25, 0.3) is 0 Å². The Hall–Kier alpha value is -1.48. The Labute approximate surface area is 97.0 Å². The molecule has 0 radical (unpaired) electrons. The van der Waals surface area contributed by atoms with Gasteiger partial charge in [0.2, 0.25) is 0 Å². The lowest BCUT2D eigenvalue weighted by molar-refractivity contribution is 0.0466. The minimum atomic E-state index is -0.792. The van der Waals surface area contributed by atoms with Gasteiger partial charge in [0.05, 0.1) is 6.10 Å². The first-order chi connectivity index (χ1) is 7.83. The van der Waals surface area contributed by atoms with Crippen LogP contribution < -0.4 is 0 Å². The molecule has 84 valence electrons. The topological polar surface area (TPSA) is 29.5 Å². The van der Waals surface area contributed by atoms with Gasteiger partial charge in [-0.3, -0.25) is 0 Å². The Morgan fingerprint density at radius 3 is 2.94 bits per heavy atom. The van der Waals surface area contributed by atoms with Crippen molar-refractivity contribution in [1.29, 1.82) is 0 Å². The van der Waals surface area contributed by atoms with Crippen LogP contribution in [0.5, 0.6) is 0 Å². The van der Waals surface area contributed by atoms with Crippen molar-refractivity contribution in [3.8, 4) is 23.7 Å². The quantitative estimate of drug-likeness (QED) is 0.562. The molecule has 1 N–H and O–H groups in total. The van der Waals surface area contributed by atoms with Gasteiger partial charge in [0.25, 0.3) is 0 Å². The van der Waals surface area contributed by atoms with Crippen molar-refractivity contribution in [2.45, 2.75) is 31.5 Å². The van der Waals surface area contributed by atoms with Crippen LogP contribution in [0.1, 0.15) is 19.3 Å². The van der Waals surface area contributed by atoms with Gasteiger partial charge in [-0.2, -0.15) is 0 Å². The molecule has 1 heterocycles. The fourth-order valence-electron chi connectivity index (χ4n) is 1.32. The van der Waals surface area contributed by atoms with Crippen LogP contribution in [-0.4, -0.2) is 23.9 Å². The molecule has 2 atom stereocenters. The highest BCUT2D eigenvalue weighted by molar-refractivity contribution is 5.32. The molecule has 1 rings (SSSR count). The number of aliphatic hydroxyl groups excluding tert-OH is 1. The summed E-state index contributed by atoms with van der Waals surface area (Å²) in [6.07, 6.45) is 7.92. The van der Waals surface area contributed by atoms with E-state index in [9.17, 15) is 0 Å². The molecule has 1 aliphatic rings. The highest BCUT2D eigenvalue weighted by atomic mass is 16.5. The normalized spacial score (nSPS) is 21.4. The molecule has 2 heteroatoms. The maximum absolute atomic E-state index is 9.02. The Bertz CT molecular complexity index is 354. The van der Waals surface area contributed by atoms with Gasteiger partial charge < -0.3 is 9.84 Å². The van der Waals surface area contributed by atoms with Gasteiger partial charge in [0.1, 0.15) is 6.10 Å². The number of ether oxygens (including phenoxy) is 1. The molecule has 0 bridgehead atoms. The second-order valence-corrected chi connectivity index (χ2v) is 3.48. The van der Waals surface area contributed by atoms with Crippen LogP contribution in [0, 0.1) is 23.7 Å². The van der Waals surface area contributed by atoms with Gasteiger partial charge in [0, 0.05) is 6.61 Å². The first kappa shape index (κ1) is 12.6. The lowest BCUT2D eigenvalue weighted by atomic mass is 10.1. The van der Waals surface area contributed by atoms with E-state index in [1.54, 1.807) is 6.08 Å². The number of hydrogen-bond donors (Lipinski definition) is 1. The fraction of sp³-hybridized carbons (Fsp3) is 0.429. The number of hydrogen-bond acceptors (Lipinski definition) is 2. The van der Waals surface area contributed by atoms with Crippen LogP contribution in [0.4, 0.5) is 0 Å². The Morgan fingerprint density at radius 1 is 1.38 bits per heavy atom. The molecule has 0 amide bonds. The van der Waals surface area contributed by atoms with Gasteiger partial charge in [-0.25, -0.2) is 0 Å². The van der Waals surface area contributed by atoms with Crippen molar-refractivity contribution in [1.82, 2.24) is 0 Å². The lowest BCUT2D eigenvalue weighted by Crippen LogP contribution is -2.15. The van der Waals surface area contributed by atoms with Crippen LogP contribution in [-0.2, 0) is 4.74 Å². The minimum absolute atomic E-state index is 0.203. The second-order valence-electron chi connectivity index (χ2n) is 3.48. The minimum Gasteiger partial charge on any atom is -0.377 e. The lowest BCUT2D eigenvalue weighted by Gasteiger charge is -2.18. The van der Waals surface area contributed by atoms with Crippen molar-refractivity contribution in [2.24, 2.45) is 0 Å². The third-order valence-electron chi connectivity index (χ3n) is 2.19. The van der Waals surface area contributed by atoms with Gasteiger partial charge in [-0.05, 0) is 43.3 Å². The molecule has 1 saturated heterocycles. The average Bonchev–Trinajstić information content (AvgIpc) is 2.34. The predicted octanol–water partition coefficient (Wildman–Crippen LogP) is 1.67. The monoisotopic (exact) mass is 216 g/mol. The number of rotatable bonds is 2. The summed E-state index contributed by atoms with van der Waals surface area (Å²) < 4.78 is 5.50. The average molecular weight is 216 g/mol. The highest BCUT2D eigenvalue weighted by Gasteiger charge is 2.08. The first-order valence-corrected chi connectivity index (χ1v) is 5.43. The first-order valence-electron chi connectivity index (χ1n) is 5.43. The zero-order valence-electron chi connectivity index (χ0n) is 9.28. The molecule has 16 heavy (non-hydrogen) atoms. The third kappa shape index (κ3) is 5.41. The summed E-state index contributed by atoms with van der Waals surface area (Å²) in [6, 6.07) is 0. The summed E-state index contributed by atoms with van der Waals surface area (Å²) in [6.45, 7) is 4.25. The van der Waals surface area contributed by atoms with Crippen molar-refractivity contribution in [3.05, 3.63) is 24.8 Å². The van der Waals surface area contributed by atoms with Crippen molar-refractivity contribution < 1.29 is 9.84 Å². The van der Waals surface area contributed by atoms with E-state index in [4.69, 9.17) is 9.84 Å². The zero-order valence-corrected chi connectivity index (χ0v) is 9.28. The summed E-state index contributed by atoms with van der Waals surface area (Å²) in [5.74, 6) is 10.5. The largest absolute Gasteiger partial charge is 0.377 e. The van der Waals surface area contributed by atoms with Gasteiger partial charge in [-0.15, -0.1) is 0 Å². The second kappa shape index (κ2) is 7.77. The zero-order chi connectivity index (χ0) is 11.6. The Kier molecular flexibility index (Phi) is 6.11. The Balaban J connectivity index is 2.31. The van der Waals surface area contributed by atoms with E-state index in [0.29, 0.717) is 0 Å². The smallest absolute Gasteiger partial charge is 0.134 e. The molecule has 0 unspecified atom stereocenters. The van der Waals surface area contributed by atoms with Gasteiger partial charge in [0.15, 0.2) is 0 Å². The molecular formula is C14H16O2. The molecule has 0 aliphatic carbocycles. The van der Waals surface area contributed by atoms with Gasteiger partial charge in [-0.1, -0.05) is 24.5 Å². The van der Waals surface area contributed by atoms with Crippen molar-refractivity contribution in [3.63, 3.8) is 0 Å². The maximum Gasteiger partial charge on any atom is 0.134 e. The molecule has 0 saturated carbocycles. The van der Waals surface area contributed by atoms with E-state index in [1.165, 1.54) is 12.5 Å².